The van der Waals surface area contributed by atoms with Crippen LogP contribution in [0.3, 0.4) is 0 Å². The fraction of sp³-hybridized carbons (Fsp3) is 0.722. The van der Waals surface area contributed by atoms with Gasteiger partial charge in [-0.1, -0.05) is 26.2 Å². The molecule has 1 amide bonds. The molecule has 7 heteroatoms. The molecule has 1 aliphatic carbocycles. The minimum atomic E-state index is -3.53. The highest BCUT2D eigenvalue weighted by atomic mass is 32.2. The van der Waals surface area contributed by atoms with Crippen molar-refractivity contribution in [1.82, 2.24) is 14.2 Å². The molecular formula is C18H29N3O3S. The summed E-state index contributed by atoms with van der Waals surface area (Å²) in [5, 5.41) is 3.06. The van der Waals surface area contributed by atoms with Crippen molar-refractivity contribution < 1.29 is 13.2 Å². The van der Waals surface area contributed by atoms with Crippen LogP contribution in [0.4, 0.5) is 0 Å². The van der Waals surface area contributed by atoms with Crippen LogP contribution in [-0.2, 0) is 17.1 Å². The van der Waals surface area contributed by atoms with Gasteiger partial charge in [0.1, 0.15) is 10.6 Å². The summed E-state index contributed by atoms with van der Waals surface area (Å²) in [6, 6.07) is 1.73. The first kappa shape index (κ1) is 18.5. The van der Waals surface area contributed by atoms with Crippen LogP contribution in [0, 0.1) is 5.92 Å². The predicted octanol–water partition coefficient (Wildman–Crippen LogP) is 2.51. The maximum Gasteiger partial charge on any atom is 0.268 e. The predicted molar refractivity (Wildman–Crippen MR) is 96.9 cm³/mol. The Morgan fingerprint density at radius 1 is 1.16 bits per heavy atom. The standard InChI is InChI=1S/C18H29N3O3S/c1-14-7-6-10-21(12-14)25(23,24)16-11-17(20(2)13-16)18(22)19-15-8-4-3-5-9-15/h11,13-15H,3-10,12H2,1-2H3,(H,19,22)/t14-/m0/s1. The first-order chi connectivity index (χ1) is 11.9. The molecule has 0 radical (unpaired) electrons. The topological polar surface area (TPSA) is 71.4 Å². The lowest BCUT2D eigenvalue weighted by atomic mass is 9.95. The Morgan fingerprint density at radius 3 is 2.56 bits per heavy atom. The summed E-state index contributed by atoms with van der Waals surface area (Å²) >= 11 is 0. The molecule has 1 saturated carbocycles. The quantitative estimate of drug-likeness (QED) is 0.889. The van der Waals surface area contributed by atoms with Gasteiger partial charge in [0, 0.05) is 32.4 Å². The lowest BCUT2D eigenvalue weighted by molar-refractivity contribution is 0.0919. The van der Waals surface area contributed by atoms with Crippen LogP contribution >= 0.6 is 0 Å². The van der Waals surface area contributed by atoms with Gasteiger partial charge in [-0.15, -0.1) is 0 Å². The number of piperidine rings is 1. The van der Waals surface area contributed by atoms with E-state index in [-0.39, 0.29) is 16.8 Å². The number of nitrogens with one attached hydrogen (secondary N) is 1. The van der Waals surface area contributed by atoms with Gasteiger partial charge in [-0.05, 0) is 37.7 Å². The fourth-order valence-electron chi connectivity index (χ4n) is 3.92. The zero-order chi connectivity index (χ0) is 18.0. The first-order valence-corrected chi connectivity index (χ1v) is 10.8. The fourth-order valence-corrected chi connectivity index (χ4v) is 5.59. The van der Waals surface area contributed by atoms with Crippen LogP contribution < -0.4 is 5.32 Å². The van der Waals surface area contributed by atoms with E-state index in [0.29, 0.717) is 24.7 Å². The molecule has 6 nitrogen and oxygen atoms in total. The van der Waals surface area contributed by atoms with Gasteiger partial charge in [-0.3, -0.25) is 4.79 Å². The highest BCUT2D eigenvalue weighted by molar-refractivity contribution is 7.89. The number of carbonyl (C=O) groups is 1. The van der Waals surface area contributed by atoms with Crippen molar-refractivity contribution in [3.8, 4) is 0 Å². The Morgan fingerprint density at radius 2 is 1.88 bits per heavy atom. The second-order valence-corrected chi connectivity index (χ2v) is 9.53. The highest BCUT2D eigenvalue weighted by Gasteiger charge is 2.30. The summed E-state index contributed by atoms with van der Waals surface area (Å²) in [6.07, 6.45) is 9.05. The van der Waals surface area contributed by atoms with Crippen molar-refractivity contribution in [2.45, 2.75) is 62.8 Å². The van der Waals surface area contributed by atoms with Gasteiger partial charge < -0.3 is 9.88 Å². The van der Waals surface area contributed by atoms with E-state index in [1.807, 2.05) is 0 Å². The normalized spacial score (nSPS) is 23.5. The van der Waals surface area contributed by atoms with Crippen LogP contribution in [0.2, 0.25) is 0 Å². The molecule has 2 aliphatic rings. The number of nitrogens with zero attached hydrogens (tertiary/aromatic N) is 2. The number of rotatable bonds is 4. The second kappa shape index (κ2) is 7.50. The summed E-state index contributed by atoms with van der Waals surface area (Å²) in [5.41, 5.74) is 0.411. The summed E-state index contributed by atoms with van der Waals surface area (Å²) in [6.45, 7) is 3.20. The molecular weight excluding hydrogens is 338 g/mol. The molecule has 0 unspecified atom stereocenters. The molecule has 3 rings (SSSR count). The Labute approximate surface area is 150 Å². The van der Waals surface area contributed by atoms with E-state index in [0.717, 1.165) is 38.5 Å². The third-order valence-electron chi connectivity index (χ3n) is 5.41. The number of carbonyl (C=O) groups excluding carboxylic acids is 1. The molecule has 0 aromatic carbocycles. The lowest BCUT2D eigenvalue weighted by Crippen LogP contribution is -2.39. The van der Waals surface area contributed by atoms with Crippen LogP contribution in [-0.4, -0.2) is 42.3 Å². The Hall–Kier alpha value is -1.34. The van der Waals surface area contributed by atoms with Crippen LogP contribution in [0.5, 0.6) is 0 Å². The van der Waals surface area contributed by atoms with Gasteiger partial charge in [0.2, 0.25) is 10.0 Å². The summed E-state index contributed by atoms with van der Waals surface area (Å²) in [7, 11) is -1.80. The molecule has 1 aromatic rings. The van der Waals surface area contributed by atoms with E-state index in [1.165, 1.54) is 12.5 Å². The molecule has 140 valence electrons. The number of hydrogen-bond donors (Lipinski definition) is 1. The van der Waals surface area contributed by atoms with Crippen LogP contribution in [0.25, 0.3) is 0 Å². The van der Waals surface area contributed by atoms with Crippen molar-refractivity contribution in [3.05, 3.63) is 18.0 Å². The van der Waals surface area contributed by atoms with Crippen molar-refractivity contribution in [3.63, 3.8) is 0 Å². The highest BCUT2D eigenvalue weighted by Crippen LogP contribution is 2.25. The largest absolute Gasteiger partial charge is 0.348 e. The van der Waals surface area contributed by atoms with E-state index in [9.17, 15) is 13.2 Å². The van der Waals surface area contributed by atoms with Gasteiger partial charge in [0.05, 0.1) is 0 Å². The van der Waals surface area contributed by atoms with E-state index in [2.05, 4.69) is 12.2 Å². The number of sulfonamides is 1. The zero-order valence-electron chi connectivity index (χ0n) is 15.2. The first-order valence-electron chi connectivity index (χ1n) is 9.35. The average molecular weight is 368 g/mol. The third kappa shape index (κ3) is 4.08. The lowest BCUT2D eigenvalue weighted by Gasteiger charge is -2.29. The second-order valence-electron chi connectivity index (χ2n) is 7.59. The number of aromatic nitrogens is 1. The number of aryl methyl sites for hydroxylation is 1. The van der Waals surface area contributed by atoms with E-state index >= 15 is 0 Å². The summed E-state index contributed by atoms with van der Waals surface area (Å²) in [4.78, 5) is 12.8. The average Bonchev–Trinajstić information content (AvgIpc) is 2.98. The van der Waals surface area contributed by atoms with Crippen molar-refractivity contribution in [1.29, 1.82) is 0 Å². The van der Waals surface area contributed by atoms with Crippen LogP contribution in [0.15, 0.2) is 17.2 Å². The molecule has 1 N–H and O–H groups in total. The molecule has 0 spiro atoms. The van der Waals surface area contributed by atoms with Gasteiger partial charge in [-0.25, -0.2) is 8.42 Å². The van der Waals surface area contributed by atoms with Gasteiger partial charge in [0.25, 0.3) is 5.91 Å². The molecule has 0 bridgehead atoms. The smallest absolute Gasteiger partial charge is 0.268 e. The van der Waals surface area contributed by atoms with E-state index in [4.69, 9.17) is 0 Å². The molecule has 2 heterocycles. The molecule has 1 atom stereocenters. The van der Waals surface area contributed by atoms with E-state index < -0.39 is 10.0 Å². The summed E-state index contributed by atoms with van der Waals surface area (Å²) < 4.78 is 29.0. The third-order valence-corrected chi connectivity index (χ3v) is 7.24. The van der Waals surface area contributed by atoms with Gasteiger partial charge in [0.15, 0.2) is 0 Å². The molecule has 1 saturated heterocycles. The van der Waals surface area contributed by atoms with Crippen molar-refractivity contribution >= 4 is 15.9 Å². The van der Waals surface area contributed by atoms with Gasteiger partial charge >= 0.3 is 0 Å². The SMILES string of the molecule is C[C@H]1CCCN(S(=O)(=O)c2cc(C(=O)NC3CCCCC3)n(C)c2)C1. The number of amides is 1. The molecule has 2 fully saturated rings. The van der Waals surface area contributed by atoms with Crippen molar-refractivity contribution in [2.75, 3.05) is 13.1 Å². The maximum atomic E-state index is 12.9. The Balaban J connectivity index is 1.75. The summed E-state index contributed by atoms with van der Waals surface area (Å²) in [5.74, 6) is 0.198. The monoisotopic (exact) mass is 367 g/mol. The molecule has 1 aromatic heterocycles. The Bertz CT molecular complexity index is 720. The van der Waals surface area contributed by atoms with Crippen molar-refractivity contribution in [2.24, 2.45) is 13.0 Å². The Kier molecular flexibility index (Phi) is 5.53. The maximum absolute atomic E-state index is 12.9. The van der Waals surface area contributed by atoms with Crippen LogP contribution in [0.1, 0.15) is 62.4 Å². The molecule has 1 aliphatic heterocycles. The number of hydrogen-bond acceptors (Lipinski definition) is 3. The minimum absolute atomic E-state index is 0.178. The van der Waals surface area contributed by atoms with Gasteiger partial charge in [-0.2, -0.15) is 4.31 Å². The zero-order valence-corrected chi connectivity index (χ0v) is 16.0. The van der Waals surface area contributed by atoms with E-state index in [1.54, 1.807) is 22.1 Å². The minimum Gasteiger partial charge on any atom is -0.348 e. The molecule has 25 heavy (non-hydrogen) atoms.